The molecule has 166 valence electrons. The molecule has 0 atom stereocenters. The number of nitrogens with zero attached hydrogens (tertiary/aromatic N) is 8. The minimum absolute atomic E-state index is 0. The van der Waals surface area contributed by atoms with Crippen LogP contribution in [0.25, 0.3) is 0 Å². The Bertz CT molecular complexity index is 1010. The lowest BCUT2D eigenvalue weighted by Crippen LogP contribution is -3.00. The molecule has 0 amide bonds. The van der Waals surface area contributed by atoms with E-state index < -0.39 is 0 Å². The summed E-state index contributed by atoms with van der Waals surface area (Å²) in [6, 6.07) is 8.43. The van der Waals surface area contributed by atoms with Gasteiger partial charge in [-0.05, 0) is 36.9 Å². The molecular weight excluding hydrogens is 412 g/mol. The van der Waals surface area contributed by atoms with E-state index in [2.05, 4.69) is 54.5 Å². The van der Waals surface area contributed by atoms with Crippen LogP contribution in [0, 0.1) is 0 Å². The summed E-state index contributed by atoms with van der Waals surface area (Å²) in [4.78, 5) is 4.78. The summed E-state index contributed by atoms with van der Waals surface area (Å²) in [5, 5.41) is 17.4. The first kappa shape index (κ1) is 22.9. The van der Waals surface area contributed by atoms with Crippen LogP contribution in [0.15, 0.2) is 57.1 Å². The van der Waals surface area contributed by atoms with Crippen LogP contribution in [0.1, 0.15) is 32.6 Å². The Morgan fingerprint density at radius 3 is 2.19 bits per heavy atom. The van der Waals surface area contributed by atoms with Crippen LogP contribution >= 0.6 is 0 Å². The van der Waals surface area contributed by atoms with Gasteiger partial charge in [-0.25, -0.2) is 4.57 Å². The topological polar surface area (TPSA) is 64.7 Å². The van der Waals surface area contributed by atoms with Gasteiger partial charge in [-0.1, -0.05) is 0 Å². The van der Waals surface area contributed by atoms with E-state index in [1.807, 2.05) is 42.5 Å². The summed E-state index contributed by atoms with van der Waals surface area (Å²) in [6.45, 7) is 6.25. The fourth-order valence-corrected chi connectivity index (χ4v) is 3.90. The number of hydrogen-bond donors (Lipinski definition) is 0. The fourth-order valence-electron chi connectivity index (χ4n) is 3.90. The molecule has 0 unspecified atom stereocenters. The molecule has 2 aromatic heterocycles. The maximum Gasteiger partial charge on any atom is 0.352 e. The molecule has 0 aromatic carbocycles. The zero-order valence-corrected chi connectivity index (χ0v) is 19.3. The van der Waals surface area contributed by atoms with Crippen molar-refractivity contribution in [1.29, 1.82) is 0 Å². The van der Waals surface area contributed by atoms with Crippen LogP contribution in [0.4, 0.5) is 17.2 Å². The maximum atomic E-state index is 4.41. The lowest BCUT2D eigenvalue weighted by atomic mass is 10.3. The number of hydrogen-bond acceptors (Lipinski definition) is 5. The molecular formula is C22H31ClN8. The summed E-state index contributed by atoms with van der Waals surface area (Å²) < 4.78 is 3.93. The highest BCUT2D eigenvalue weighted by molar-refractivity contribution is 5.79. The number of halogens is 1. The van der Waals surface area contributed by atoms with Crippen LogP contribution in [0.3, 0.4) is 0 Å². The average molecular weight is 443 g/mol. The number of pyridine rings is 2. The third-order valence-corrected chi connectivity index (χ3v) is 5.75. The first-order valence-corrected chi connectivity index (χ1v) is 10.8. The Morgan fingerprint density at radius 2 is 1.55 bits per heavy atom. The van der Waals surface area contributed by atoms with Crippen molar-refractivity contribution < 1.29 is 17.0 Å². The lowest BCUT2D eigenvalue weighted by Gasteiger charge is -2.17. The van der Waals surface area contributed by atoms with Gasteiger partial charge in [0.25, 0.3) is 0 Å². The van der Waals surface area contributed by atoms with E-state index in [0.29, 0.717) is 5.84 Å². The first-order valence-electron chi connectivity index (χ1n) is 10.8. The Kier molecular flexibility index (Phi) is 7.79. The minimum Gasteiger partial charge on any atom is -1.00 e. The molecule has 0 saturated carbocycles. The summed E-state index contributed by atoms with van der Waals surface area (Å²) in [5.41, 5.74) is 3.20. The van der Waals surface area contributed by atoms with Gasteiger partial charge in [0.1, 0.15) is 0 Å². The van der Waals surface area contributed by atoms with Crippen LogP contribution in [-0.4, -0.2) is 36.6 Å². The minimum atomic E-state index is 0. The average Bonchev–Trinajstić information content (AvgIpc) is 3.47. The van der Waals surface area contributed by atoms with E-state index in [1.54, 1.807) is 0 Å². The van der Waals surface area contributed by atoms with Gasteiger partial charge in [0, 0.05) is 69.9 Å². The molecule has 2 saturated heterocycles. The zero-order chi connectivity index (χ0) is 20.9. The first-order chi connectivity index (χ1) is 14.6. The molecule has 9 heteroatoms. The largest absolute Gasteiger partial charge is 1.00 e. The standard InChI is InChI=1S/C22H31N8.ClH/c1-18(23-25-21-16-19(8-14-27(21)2)29-10-4-5-11-29)24-26-22-17-20(9-15-28(22)3)30-12-6-7-13-30;/h8-9,14-17H,4-7,10-13H2,1-3H3;1H/q+1;/p-1. The summed E-state index contributed by atoms with van der Waals surface area (Å²) >= 11 is 0. The predicted octanol–water partition coefficient (Wildman–Crippen LogP) is 0.0720. The number of rotatable bonds is 4. The molecule has 2 aliphatic heterocycles. The second kappa shape index (κ2) is 10.5. The Hall–Kier alpha value is -2.74. The number of amidine groups is 1. The molecule has 2 aliphatic rings. The summed E-state index contributed by atoms with van der Waals surface area (Å²) in [5.74, 6) is 1.32. The molecule has 2 aromatic rings. The molecule has 4 heterocycles. The molecule has 0 spiro atoms. The Balaban J connectivity index is 0.00000272. The van der Waals surface area contributed by atoms with E-state index in [9.17, 15) is 0 Å². The molecule has 0 radical (unpaired) electrons. The van der Waals surface area contributed by atoms with Gasteiger partial charge in [-0.15, -0.1) is 10.2 Å². The van der Waals surface area contributed by atoms with Crippen molar-refractivity contribution >= 4 is 23.0 Å². The molecule has 0 bridgehead atoms. The van der Waals surface area contributed by atoms with Gasteiger partial charge in [-0.2, -0.15) is 0 Å². The number of aromatic nitrogens is 2. The van der Waals surface area contributed by atoms with Crippen LogP contribution in [-0.2, 0) is 14.1 Å². The van der Waals surface area contributed by atoms with Gasteiger partial charge in [0.15, 0.2) is 11.3 Å². The number of azo groups is 1. The monoisotopic (exact) mass is 442 g/mol. The van der Waals surface area contributed by atoms with Crippen LogP contribution < -0.4 is 32.3 Å². The summed E-state index contributed by atoms with van der Waals surface area (Å²) in [6.07, 6.45) is 9.07. The van der Waals surface area contributed by atoms with Crippen molar-refractivity contribution in [1.82, 2.24) is 4.57 Å². The van der Waals surface area contributed by atoms with Crippen LogP contribution in [0.2, 0.25) is 0 Å². The van der Waals surface area contributed by atoms with Crippen LogP contribution in [0.5, 0.6) is 0 Å². The molecule has 0 N–H and O–H groups in total. The highest BCUT2D eigenvalue weighted by Gasteiger charge is 2.16. The molecule has 4 rings (SSSR count). The highest BCUT2D eigenvalue weighted by Crippen LogP contribution is 2.22. The van der Waals surface area contributed by atoms with Crippen molar-refractivity contribution in [3.05, 3.63) is 42.1 Å². The molecule has 8 nitrogen and oxygen atoms in total. The maximum absolute atomic E-state index is 4.41. The number of aryl methyl sites for hydroxylation is 2. The van der Waals surface area contributed by atoms with Crippen molar-refractivity contribution in [2.75, 3.05) is 36.0 Å². The lowest BCUT2D eigenvalue weighted by molar-refractivity contribution is -0.658. The normalized spacial score (nSPS) is 17.6. The molecule has 31 heavy (non-hydrogen) atoms. The SMILES string of the molecule is CC(N=Nc1cc(N2CCCC2)cc[n+]1C)=NN=c1cc(N2CCCC2)ccn1C.[Cl-]. The van der Waals surface area contributed by atoms with E-state index in [4.69, 9.17) is 0 Å². The van der Waals surface area contributed by atoms with E-state index in [1.165, 1.54) is 37.1 Å². The van der Waals surface area contributed by atoms with Gasteiger partial charge in [-0.3, -0.25) is 0 Å². The van der Waals surface area contributed by atoms with Crippen molar-refractivity contribution in [3.63, 3.8) is 0 Å². The highest BCUT2D eigenvalue weighted by atomic mass is 35.5. The Labute approximate surface area is 190 Å². The van der Waals surface area contributed by atoms with Crippen molar-refractivity contribution in [2.45, 2.75) is 32.6 Å². The zero-order valence-electron chi connectivity index (χ0n) is 18.6. The fraction of sp³-hybridized carbons (Fsp3) is 0.500. The summed E-state index contributed by atoms with van der Waals surface area (Å²) in [7, 11) is 3.95. The predicted molar refractivity (Wildman–Crippen MR) is 119 cm³/mol. The van der Waals surface area contributed by atoms with Gasteiger partial charge < -0.3 is 26.8 Å². The van der Waals surface area contributed by atoms with Gasteiger partial charge in [0.05, 0.1) is 24.4 Å². The second-order valence-corrected chi connectivity index (χ2v) is 8.04. The van der Waals surface area contributed by atoms with E-state index in [-0.39, 0.29) is 12.4 Å². The second-order valence-electron chi connectivity index (χ2n) is 8.04. The van der Waals surface area contributed by atoms with Crippen molar-refractivity contribution in [3.8, 4) is 0 Å². The van der Waals surface area contributed by atoms with Gasteiger partial charge >= 0.3 is 5.82 Å². The Morgan fingerprint density at radius 1 is 0.935 bits per heavy atom. The number of anilines is 2. The van der Waals surface area contributed by atoms with E-state index in [0.717, 1.165) is 37.5 Å². The smallest absolute Gasteiger partial charge is 0.352 e. The quantitative estimate of drug-likeness (QED) is 0.221. The van der Waals surface area contributed by atoms with E-state index >= 15 is 0 Å². The van der Waals surface area contributed by atoms with Gasteiger partial charge in [0.2, 0.25) is 0 Å². The molecule has 2 fully saturated rings. The third kappa shape index (κ3) is 5.70. The third-order valence-electron chi connectivity index (χ3n) is 5.75. The van der Waals surface area contributed by atoms with Crippen molar-refractivity contribution in [2.24, 2.45) is 34.5 Å². The molecule has 0 aliphatic carbocycles.